The molecule has 1 fully saturated rings. The zero-order valence-electron chi connectivity index (χ0n) is 9.22. The number of thiophene rings is 1. The van der Waals surface area contributed by atoms with Crippen LogP contribution < -0.4 is 0 Å². The Labute approximate surface area is 104 Å². The highest BCUT2D eigenvalue weighted by atomic mass is 32.1. The lowest BCUT2D eigenvalue weighted by atomic mass is 9.98. The van der Waals surface area contributed by atoms with E-state index in [2.05, 4.69) is 12.1 Å². The van der Waals surface area contributed by atoms with Crippen molar-refractivity contribution in [3.63, 3.8) is 0 Å². The molecule has 3 rings (SSSR count). The summed E-state index contributed by atoms with van der Waals surface area (Å²) in [5.41, 5.74) is 1.54. The molecular formula is C14H12O2S. The van der Waals surface area contributed by atoms with E-state index in [1.165, 1.54) is 0 Å². The van der Waals surface area contributed by atoms with Crippen LogP contribution in [0.4, 0.5) is 0 Å². The summed E-state index contributed by atoms with van der Waals surface area (Å²) in [5.74, 6) is -0.685. The summed E-state index contributed by atoms with van der Waals surface area (Å²) >= 11 is 1.62. The van der Waals surface area contributed by atoms with Crippen molar-refractivity contribution in [1.82, 2.24) is 0 Å². The van der Waals surface area contributed by atoms with Crippen molar-refractivity contribution in [2.45, 2.75) is 18.3 Å². The van der Waals surface area contributed by atoms with E-state index in [4.69, 9.17) is 0 Å². The van der Waals surface area contributed by atoms with Crippen LogP contribution in [0.25, 0.3) is 10.4 Å². The van der Waals surface area contributed by atoms with Crippen LogP contribution >= 0.6 is 11.3 Å². The number of hydrogen-bond acceptors (Lipinski definition) is 2. The van der Waals surface area contributed by atoms with Crippen molar-refractivity contribution in [3.8, 4) is 10.4 Å². The maximum atomic E-state index is 11.2. The third-order valence-corrected chi connectivity index (χ3v) is 4.35. The highest BCUT2D eigenvalue weighted by molar-refractivity contribution is 7.13. The van der Waals surface area contributed by atoms with Crippen molar-refractivity contribution >= 4 is 17.3 Å². The van der Waals surface area contributed by atoms with Crippen LogP contribution in [0.5, 0.6) is 0 Å². The largest absolute Gasteiger partial charge is 0.481 e. The minimum Gasteiger partial charge on any atom is -0.481 e. The van der Waals surface area contributed by atoms with Crippen LogP contribution in [0.1, 0.15) is 18.4 Å². The van der Waals surface area contributed by atoms with Gasteiger partial charge in [-0.25, -0.2) is 0 Å². The molecule has 2 aromatic rings. The predicted molar refractivity (Wildman–Crippen MR) is 68.3 cm³/mol. The van der Waals surface area contributed by atoms with Crippen molar-refractivity contribution in [2.75, 3.05) is 0 Å². The lowest BCUT2D eigenvalue weighted by molar-refractivity contribution is -0.140. The number of carbonyl (C=O) groups is 1. The third-order valence-electron chi connectivity index (χ3n) is 3.37. The van der Waals surface area contributed by atoms with Gasteiger partial charge in [0.25, 0.3) is 0 Å². The lowest BCUT2D eigenvalue weighted by Crippen LogP contribution is -2.18. The second kappa shape index (κ2) is 3.70. The molecule has 1 saturated carbocycles. The molecule has 0 saturated heterocycles. The van der Waals surface area contributed by atoms with E-state index in [9.17, 15) is 9.90 Å². The maximum absolute atomic E-state index is 11.2. The molecule has 0 unspecified atom stereocenters. The maximum Gasteiger partial charge on any atom is 0.314 e. The molecule has 1 aliphatic carbocycles. The van der Waals surface area contributed by atoms with Crippen LogP contribution in [-0.4, -0.2) is 11.1 Å². The predicted octanol–water partition coefficient (Wildman–Crippen LogP) is 3.53. The van der Waals surface area contributed by atoms with Gasteiger partial charge in [0.15, 0.2) is 0 Å². The molecule has 0 bridgehead atoms. The van der Waals surface area contributed by atoms with E-state index >= 15 is 0 Å². The number of benzene rings is 1. The summed E-state index contributed by atoms with van der Waals surface area (Å²) in [6.45, 7) is 0. The SMILES string of the molecule is O=C(O)C1(c2csc(-c3ccccc3)c2)CC1. The second-order valence-electron chi connectivity index (χ2n) is 4.45. The minimum atomic E-state index is -0.685. The topological polar surface area (TPSA) is 37.3 Å². The highest BCUT2D eigenvalue weighted by Crippen LogP contribution is 2.50. The zero-order valence-corrected chi connectivity index (χ0v) is 10.0. The first kappa shape index (κ1) is 10.5. The summed E-state index contributed by atoms with van der Waals surface area (Å²) in [5, 5.41) is 11.2. The van der Waals surface area contributed by atoms with E-state index in [1.807, 2.05) is 29.6 Å². The van der Waals surface area contributed by atoms with E-state index in [0.717, 1.165) is 28.8 Å². The van der Waals surface area contributed by atoms with Crippen molar-refractivity contribution in [3.05, 3.63) is 47.3 Å². The molecule has 0 radical (unpaired) electrons. The monoisotopic (exact) mass is 244 g/mol. The summed E-state index contributed by atoms with van der Waals surface area (Å²) < 4.78 is 0. The molecule has 3 heteroatoms. The number of hydrogen-bond donors (Lipinski definition) is 1. The zero-order chi connectivity index (χ0) is 11.9. The molecule has 1 aromatic carbocycles. The molecule has 2 nitrogen and oxygen atoms in total. The molecule has 17 heavy (non-hydrogen) atoms. The van der Waals surface area contributed by atoms with Crippen molar-refractivity contribution in [2.24, 2.45) is 0 Å². The Bertz CT molecular complexity index is 553. The van der Waals surface area contributed by atoms with Gasteiger partial charge in [-0.15, -0.1) is 11.3 Å². The summed E-state index contributed by atoms with van der Waals surface area (Å²) in [6.07, 6.45) is 1.54. The van der Waals surface area contributed by atoms with Gasteiger partial charge in [-0.05, 0) is 35.4 Å². The van der Waals surface area contributed by atoms with Gasteiger partial charge in [-0.1, -0.05) is 30.3 Å². The fourth-order valence-corrected chi connectivity index (χ4v) is 3.11. The van der Waals surface area contributed by atoms with E-state index in [1.54, 1.807) is 11.3 Å². The molecule has 1 N–H and O–H groups in total. The van der Waals surface area contributed by atoms with Crippen molar-refractivity contribution in [1.29, 1.82) is 0 Å². The van der Waals surface area contributed by atoms with Gasteiger partial charge < -0.3 is 5.11 Å². The van der Waals surface area contributed by atoms with Gasteiger partial charge >= 0.3 is 5.97 Å². The second-order valence-corrected chi connectivity index (χ2v) is 5.36. The van der Waals surface area contributed by atoms with Gasteiger partial charge in [0.2, 0.25) is 0 Å². The van der Waals surface area contributed by atoms with Crippen LogP contribution in [0, 0.1) is 0 Å². The third kappa shape index (κ3) is 1.67. The fourth-order valence-electron chi connectivity index (χ4n) is 2.09. The quantitative estimate of drug-likeness (QED) is 0.896. The molecule has 0 aliphatic heterocycles. The first-order valence-electron chi connectivity index (χ1n) is 5.60. The van der Waals surface area contributed by atoms with E-state index in [0.29, 0.717) is 0 Å². The Morgan fingerprint density at radius 1 is 1.24 bits per heavy atom. The van der Waals surface area contributed by atoms with Crippen LogP contribution in [-0.2, 0) is 10.2 Å². The van der Waals surface area contributed by atoms with Crippen LogP contribution in [0.15, 0.2) is 41.8 Å². The Morgan fingerprint density at radius 2 is 1.94 bits per heavy atom. The summed E-state index contributed by atoms with van der Waals surface area (Å²) in [7, 11) is 0. The smallest absolute Gasteiger partial charge is 0.314 e. The molecule has 0 amide bonds. The van der Waals surface area contributed by atoms with E-state index < -0.39 is 11.4 Å². The molecular weight excluding hydrogens is 232 g/mol. The molecule has 86 valence electrons. The Kier molecular flexibility index (Phi) is 2.30. The van der Waals surface area contributed by atoms with Gasteiger partial charge in [-0.2, -0.15) is 0 Å². The first-order valence-corrected chi connectivity index (χ1v) is 6.48. The Hall–Kier alpha value is -1.61. The molecule has 1 heterocycles. The average molecular weight is 244 g/mol. The molecule has 0 atom stereocenters. The van der Waals surface area contributed by atoms with Crippen molar-refractivity contribution < 1.29 is 9.90 Å². The average Bonchev–Trinajstić information content (AvgIpc) is 3.02. The minimum absolute atomic E-state index is 0.580. The van der Waals surface area contributed by atoms with Crippen LogP contribution in [0.2, 0.25) is 0 Å². The highest BCUT2D eigenvalue weighted by Gasteiger charge is 2.52. The van der Waals surface area contributed by atoms with Gasteiger partial charge in [0.05, 0.1) is 5.41 Å². The van der Waals surface area contributed by atoms with Gasteiger partial charge in [-0.3, -0.25) is 4.79 Å². The lowest BCUT2D eigenvalue weighted by Gasteiger charge is -2.05. The van der Waals surface area contributed by atoms with E-state index in [-0.39, 0.29) is 0 Å². The summed E-state index contributed by atoms with van der Waals surface area (Å²) in [6, 6.07) is 12.1. The molecule has 1 aliphatic rings. The molecule has 1 aromatic heterocycles. The molecule has 0 spiro atoms. The number of carboxylic acids is 1. The summed E-state index contributed by atoms with van der Waals surface area (Å²) in [4.78, 5) is 12.4. The van der Waals surface area contributed by atoms with Gasteiger partial charge in [0, 0.05) is 4.88 Å². The number of carboxylic acid groups (broad SMARTS) is 1. The Morgan fingerprint density at radius 3 is 2.53 bits per heavy atom. The normalized spacial score (nSPS) is 16.7. The fraction of sp³-hybridized carbons (Fsp3) is 0.214. The Balaban J connectivity index is 1.97. The number of aliphatic carboxylic acids is 1. The number of rotatable bonds is 3. The van der Waals surface area contributed by atoms with Gasteiger partial charge in [0.1, 0.15) is 0 Å². The standard InChI is InChI=1S/C14H12O2S/c15-13(16)14(6-7-14)11-8-12(17-9-11)10-4-2-1-3-5-10/h1-5,8-9H,6-7H2,(H,15,16). The first-order chi connectivity index (χ1) is 8.22. The van der Waals surface area contributed by atoms with Crippen LogP contribution in [0.3, 0.4) is 0 Å².